The van der Waals surface area contributed by atoms with E-state index in [-0.39, 0.29) is 5.16 Å². The normalized spacial score (nSPS) is 12.2. The summed E-state index contributed by atoms with van der Waals surface area (Å²) in [5, 5.41) is 8.55. The lowest BCUT2D eigenvalue weighted by Crippen LogP contribution is -2.04. The minimum absolute atomic E-state index is 0.106. The number of H-pyrrole nitrogens is 1. The SMILES string of the molecule is CS(=O)(=O)c1nnc2c(-c3ccnc4[nH]ccc34)nccn12. The van der Waals surface area contributed by atoms with Crippen LogP contribution >= 0.6 is 0 Å². The second kappa shape index (κ2) is 4.34. The molecule has 1 N–H and O–H groups in total. The molecule has 0 spiro atoms. The summed E-state index contributed by atoms with van der Waals surface area (Å²) in [5.41, 5.74) is 2.47. The van der Waals surface area contributed by atoms with Crippen LogP contribution in [0.2, 0.25) is 0 Å². The van der Waals surface area contributed by atoms with Crippen molar-refractivity contribution in [3.8, 4) is 11.3 Å². The summed E-state index contributed by atoms with van der Waals surface area (Å²) in [6.07, 6.45) is 7.60. The van der Waals surface area contributed by atoms with Crippen LogP contribution in [0.4, 0.5) is 0 Å². The van der Waals surface area contributed by atoms with Crippen molar-refractivity contribution in [1.82, 2.24) is 29.5 Å². The van der Waals surface area contributed by atoms with Crippen molar-refractivity contribution in [3.63, 3.8) is 0 Å². The Balaban J connectivity index is 2.08. The highest BCUT2D eigenvalue weighted by Crippen LogP contribution is 2.28. The molecule has 0 aliphatic rings. The summed E-state index contributed by atoms with van der Waals surface area (Å²) >= 11 is 0. The summed E-state index contributed by atoms with van der Waals surface area (Å²) in [5.74, 6) is 0. The van der Waals surface area contributed by atoms with E-state index in [0.717, 1.165) is 22.9 Å². The topological polar surface area (TPSA) is 106 Å². The maximum absolute atomic E-state index is 11.8. The van der Waals surface area contributed by atoms with Crippen LogP contribution < -0.4 is 0 Å². The molecular weight excluding hydrogens is 304 g/mol. The van der Waals surface area contributed by atoms with E-state index in [1.165, 1.54) is 16.8 Å². The van der Waals surface area contributed by atoms with Crippen LogP contribution in [-0.2, 0) is 9.84 Å². The molecule has 22 heavy (non-hydrogen) atoms. The average molecular weight is 314 g/mol. The Labute approximate surface area is 124 Å². The van der Waals surface area contributed by atoms with E-state index in [2.05, 4.69) is 25.1 Å². The fourth-order valence-electron chi connectivity index (χ4n) is 2.42. The molecule has 0 bridgehead atoms. The highest BCUT2D eigenvalue weighted by atomic mass is 32.2. The van der Waals surface area contributed by atoms with Crippen molar-refractivity contribution in [3.05, 3.63) is 36.9 Å². The Bertz CT molecular complexity index is 1110. The zero-order valence-electron chi connectivity index (χ0n) is 11.4. The number of hydrogen-bond donors (Lipinski definition) is 1. The highest BCUT2D eigenvalue weighted by molar-refractivity contribution is 7.90. The summed E-state index contributed by atoms with van der Waals surface area (Å²) in [6.45, 7) is 0. The first kappa shape index (κ1) is 12.9. The van der Waals surface area contributed by atoms with Gasteiger partial charge in [-0.2, -0.15) is 0 Å². The van der Waals surface area contributed by atoms with Gasteiger partial charge in [0.25, 0.3) is 5.16 Å². The molecule has 4 rings (SSSR count). The Hall–Kier alpha value is -2.81. The molecule has 4 heterocycles. The number of aromatic nitrogens is 6. The van der Waals surface area contributed by atoms with Crippen molar-refractivity contribution >= 4 is 26.5 Å². The zero-order chi connectivity index (χ0) is 15.3. The largest absolute Gasteiger partial charge is 0.346 e. The van der Waals surface area contributed by atoms with E-state index in [4.69, 9.17) is 0 Å². The third kappa shape index (κ3) is 1.79. The number of aromatic amines is 1. The van der Waals surface area contributed by atoms with Crippen LogP contribution in [0.5, 0.6) is 0 Å². The molecule has 0 unspecified atom stereocenters. The van der Waals surface area contributed by atoms with Gasteiger partial charge < -0.3 is 4.98 Å². The molecule has 0 fully saturated rings. The van der Waals surface area contributed by atoms with E-state index in [1.807, 2.05) is 12.1 Å². The van der Waals surface area contributed by atoms with Crippen LogP contribution in [0.25, 0.3) is 27.9 Å². The van der Waals surface area contributed by atoms with Crippen LogP contribution in [0.3, 0.4) is 0 Å². The standard InChI is InChI=1S/C13H10N6O2S/c1-22(20,21)13-18-17-12-10(14-6-7-19(12)13)8-2-4-15-11-9(8)3-5-16-11/h2-7H,1H3,(H,15,16). The van der Waals surface area contributed by atoms with Crippen molar-refractivity contribution in [2.24, 2.45) is 0 Å². The van der Waals surface area contributed by atoms with Crippen LogP contribution in [-0.4, -0.2) is 44.2 Å². The van der Waals surface area contributed by atoms with Gasteiger partial charge in [0.05, 0.1) is 0 Å². The Morgan fingerprint density at radius 2 is 2.00 bits per heavy atom. The number of sulfone groups is 1. The number of nitrogens with one attached hydrogen (secondary N) is 1. The summed E-state index contributed by atoms with van der Waals surface area (Å²) in [7, 11) is -3.47. The fourth-order valence-corrected chi connectivity index (χ4v) is 3.11. The van der Waals surface area contributed by atoms with Crippen molar-refractivity contribution in [1.29, 1.82) is 0 Å². The van der Waals surface area contributed by atoms with Gasteiger partial charge in [0, 0.05) is 42.0 Å². The number of fused-ring (bicyclic) bond motifs is 2. The zero-order valence-corrected chi connectivity index (χ0v) is 12.2. The molecule has 0 saturated heterocycles. The number of pyridine rings is 1. The summed E-state index contributed by atoms with van der Waals surface area (Å²) in [6, 6.07) is 3.70. The maximum atomic E-state index is 11.8. The second-order valence-electron chi connectivity index (χ2n) is 4.82. The molecule has 0 aromatic carbocycles. The summed E-state index contributed by atoms with van der Waals surface area (Å²) < 4.78 is 25.0. The lowest BCUT2D eigenvalue weighted by atomic mass is 10.1. The molecule has 110 valence electrons. The fraction of sp³-hybridized carbons (Fsp3) is 0.0769. The first-order valence-corrected chi connectivity index (χ1v) is 8.27. The van der Waals surface area contributed by atoms with E-state index >= 15 is 0 Å². The number of nitrogens with zero attached hydrogens (tertiary/aromatic N) is 5. The molecule has 9 heteroatoms. The van der Waals surface area contributed by atoms with Gasteiger partial charge in [-0.3, -0.25) is 9.38 Å². The molecule has 8 nitrogen and oxygen atoms in total. The van der Waals surface area contributed by atoms with Crippen LogP contribution in [0.15, 0.2) is 42.1 Å². The van der Waals surface area contributed by atoms with Crippen LogP contribution in [0.1, 0.15) is 0 Å². The van der Waals surface area contributed by atoms with Gasteiger partial charge in [0.1, 0.15) is 11.3 Å². The van der Waals surface area contributed by atoms with Gasteiger partial charge in [-0.05, 0) is 12.1 Å². The predicted octanol–water partition coefficient (Wildman–Crippen LogP) is 1.07. The van der Waals surface area contributed by atoms with E-state index in [1.54, 1.807) is 12.4 Å². The van der Waals surface area contributed by atoms with Crippen molar-refractivity contribution in [2.75, 3.05) is 6.26 Å². The second-order valence-corrected chi connectivity index (χ2v) is 6.73. The van der Waals surface area contributed by atoms with Gasteiger partial charge in [-0.15, -0.1) is 10.2 Å². The third-order valence-electron chi connectivity index (χ3n) is 3.34. The predicted molar refractivity (Wildman–Crippen MR) is 79.0 cm³/mol. The average Bonchev–Trinajstić information content (AvgIpc) is 3.12. The van der Waals surface area contributed by atoms with Gasteiger partial charge in [0.15, 0.2) is 5.65 Å². The molecule has 0 radical (unpaired) electrons. The highest BCUT2D eigenvalue weighted by Gasteiger charge is 2.19. The van der Waals surface area contributed by atoms with Crippen molar-refractivity contribution in [2.45, 2.75) is 5.16 Å². The number of rotatable bonds is 2. The first-order valence-electron chi connectivity index (χ1n) is 6.38. The molecule has 0 aliphatic heterocycles. The minimum atomic E-state index is -3.47. The summed E-state index contributed by atoms with van der Waals surface area (Å²) in [4.78, 5) is 11.6. The number of hydrogen-bond acceptors (Lipinski definition) is 6. The lowest BCUT2D eigenvalue weighted by molar-refractivity contribution is 0.591. The van der Waals surface area contributed by atoms with Gasteiger partial charge >= 0.3 is 0 Å². The Morgan fingerprint density at radius 3 is 2.82 bits per heavy atom. The third-order valence-corrected chi connectivity index (χ3v) is 4.28. The van der Waals surface area contributed by atoms with Crippen molar-refractivity contribution < 1.29 is 8.42 Å². The van der Waals surface area contributed by atoms with Gasteiger partial charge in [-0.1, -0.05) is 0 Å². The van der Waals surface area contributed by atoms with Gasteiger partial charge in [-0.25, -0.2) is 13.4 Å². The maximum Gasteiger partial charge on any atom is 0.253 e. The molecule has 0 atom stereocenters. The van der Waals surface area contributed by atoms with Gasteiger partial charge in [0.2, 0.25) is 9.84 Å². The molecular formula is C13H10N6O2S. The molecule has 4 aromatic heterocycles. The Morgan fingerprint density at radius 1 is 1.14 bits per heavy atom. The molecule has 0 aliphatic carbocycles. The molecule has 0 saturated carbocycles. The minimum Gasteiger partial charge on any atom is -0.346 e. The quantitative estimate of drug-likeness (QED) is 0.593. The lowest BCUT2D eigenvalue weighted by Gasteiger charge is -2.04. The molecule has 0 amide bonds. The Kier molecular flexibility index (Phi) is 2.54. The smallest absolute Gasteiger partial charge is 0.253 e. The van der Waals surface area contributed by atoms with Crippen LogP contribution in [0, 0.1) is 0 Å². The first-order chi connectivity index (χ1) is 10.6. The van der Waals surface area contributed by atoms with E-state index < -0.39 is 9.84 Å². The van der Waals surface area contributed by atoms with E-state index in [9.17, 15) is 8.42 Å². The van der Waals surface area contributed by atoms with E-state index in [0.29, 0.717) is 11.3 Å². The molecule has 4 aromatic rings. The monoisotopic (exact) mass is 314 g/mol.